The molecule has 0 saturated heterocycles. The van der Waals surface area contributed by atoms with Crippen LogP contribution in [0.2, 0.25) is 0 Å². The average molecular weight is 281 g/mol. The van der Waals surface area contributed by atoms with Crippen LogP contribution in [0.3, 0.4) is 0 Å². The number of rotatable bonds is 3. The zero-order chi connectivity index (χ0) is 14.7. The molecule has 1 saturated carbocycles. The van der Waals surface area contributed by atoms with Crippen LogP contribution in [0.4, 0.5) is 0 Å². The highest BCUT2D eigenvalue weighted by Crippen LogP contribution is 2.26. The van der Waals surface area contributed by atoms with Crippen molar-refractivity contribution < 1.29 is 0 Å². The van der Waals surface area contributed by atoms with Gasteiger partial charge < -0.3 is 5.32 Å². The largest absolute Gasteiger partial charge is 0.307 e. The van der Waals surface area contributed by atoms with Crippen LogP contribution in [0.5, 0.6) is 0 Å². The van der Waals surface area contributed by atoms with Crippen molar-refractivity contribution in [1.82, 2.24) is 5.32 Å². The summed E-state index contributed by atoms with van der Waals surface area (Å²) in [4.78, 5) is 0. The molecule has 1 fully saturated rings. The maximum absolute atomic E-state index is 3.86. The average Bonchev–Trinajstić information content (AvgIpc) is 2.71. The molecule has 112 valence electrons. The summed E-state index contributed by atoms with van der Waals surface area (Å²) in [5.41, 5.74) is 1.41. The molecule has 1 N–H and O–H groups in total. The molecular weight excluding hydrogens is 254 g/mol. The molecule has 0 radical (unpaired) electrons. The minimum atomic E-state index is 0.438. The third kappa shape index (κ3) is 3.65. The standard InChI is InChI=1S/C20H27N/c1-15-6-5-9-20(13-10-15)21-16(2)18-12-11-17-7-3-4-8-19(17)14-18/h3-4,7-8,11-12,14-16,20-21H,5-6,9-10,13H2,1-2H3. The molecule has 1 aliphatic carbocycles. The van der Waals surface area contributed by atoms with Crippen molar-refractivity contribution in [3.63, 3.8) is 0 Å². The van der Waals surface area contributed by atoms with E-state index in [1.54, 1.807) is 0 Å². The van der Waals surface area contributed by atoms with Gasteiger partial charge in [-0.3, -0.25) is 0 Å². The minimum Gasteiger partial charge on any atom is -0.307 e. The van der Waals surface area contributed by atoms with Gasteiger partial charge in [0.25, 0.3) is 0 Å². The molecule has 1 heteroatoms. The Balaban J connectivity index is 1.69. The Morgan fingerprint density at radius 2 is 1.76 bits per heavy atom. The van der Waals surface area contributed by atoms with Gasteiger partial charge in [-0.2, -0.15) is 0 Å². The zero-order valence-corrected chi connectivity index (χ0v) is 13.3. The van der Waals surface area contributed by atoms with E-state index >= 15 is 0 Å². The second kappa shape index (κ2) is 6.62. The fourth-order valence-corrected chi connectivity index (χ4v) is 3.58. The van der Waals surface area contributed by atoms with Crippen LogP contribution >= 0.6 is 0 Å². The molecule has 0 aliphatic heterocycles. The van der Waals surface area contributed by atoms with Crippen LogP contribution in [0.15, 0.2) is 42.5 Å². The van der Waals surface area contributed by atoms with Crippen LogP contribution in [0, 0.1) is 5.92 Å². The zero-order valence-electron chi connectivity index (χ0n) is 13.3. The fourth-order valence-electron chi connectivity index (χ4n) is 3.58. The maximum Gasteiger partial charge on any atom is 0.0294 e. The normalized spacial score (nSPS) is 24.7. The van der Waals surface area contributed by atoms with E-state index in [0.29, 0.717) is 12.1 Å². The Morgan fingerprint density at radius 1 is 0.952 bits per heavy atom. The number of benzene rings is 2. The van der Waals surface area contributed by atoms with Crippen LogP contribution in [-0.2, 0) is 0 Å². The van der Waals surface area contributed by atoms with Crippen LogP contribution < -0.4 is 5.32 Å². The summed E-state index contributed by atoms with van der Waals surface area (Å²) in [6, 6.07) is 16.6. The lowest BCUT2D eigenvalue weighted by Gasteiger charge is -2.23. The van der Waals surface area contributed by atoms with E-state index in [-0.39, 0.29) is 0 Å². The molecule has 0 amide bonds. The molecule has 3 unspecified atom stereocenters. The number of nitrogens with one attached hydrogen (secondary N) is 1. The Hall–Kier alpha value is -1.34. The lowest BCUT2D eigenvalue weighted by molar-refractivity contribution is 0.408. The summed E-state index contributed by atoms with van der Waals surface area (Å²) in [7, 11) is 0. The van der Waals surface area contributed by atoms with Crippen molar-refractivity contribution in [2.75, 3.05) is 0 Å². The second-order valence-corrected chi connectivity index (χ2v) is 6.81. The third-order valence-corrected chi connectivity index (χ3v) is 5.02. The molecule has 0 aromatic heterocycles. The first-order chi connectivity index (χ1) is 10.2. The van der Waals surface area contributed by atoms with Gasteiger partial charge in [0.2, 0.25) is 0 Å². The summed E-state index contributed by atoms with van der Waals surface area (Å²) in [5.74, 6) is 0.910. The summed E-state index contributed by atoms with van der Waals surface area (Å²) in [6.45, 7) is 4.70. The topological polar surface area (TPSA) is 12.0 Å². The minimum absolute atomic E-state index is 0.438. The maximum atomic E-state index is 3.86. The number of hydrogen-bond donors (Lipinski definition) is 1. The first-order valence-corrected chi connectivity index (χ1v) is 8.47. The van der Waals surface area contributed by atoms with Gasteiger partial charge in [-0.1, -0.05) is 56.2 Å². The highest BCUT2D eigenvalue weighted by Gasteiger charge is 2.18. The predicted molar refractivity (Wildman–Crippen MR) is 91.5 cm³/mol. The first-order valence-electron chi connectivity index (χ1n) is 8.47. The van der Waals surface area contributed by atoms with Crippen molar-refractivity contribution in [1.29, 1.82) is 0 Å². The smallest absolute Gasteiger partial charge is 0.0294 e. The third-order valence-electron chi connectivity index (χ3n) is 5.02. The summed E-state index contributed by atoms with van der Waals surface area (Å²) >= 11 is 0. The predicted octanol–water partition coefficient (Wildman–Crippen LogP) is 5.46. The van der Waals surface area contributed by atoms with Crippen LogP contribution in [0.25, 0.3) is 10.8 Å². The van der Waals surface area contributed by atoms with Gasteiger partial charge in [0.15, 0.2) is 0 Å². The number of fused-ring (bicyclic) bond motifs is 1. The van der Waals surface area contributed by atoms with Crippen molar-refractivity contribution in [2.45, 2.75) is 58.0 Å². The number of hydrogen-bond acceptors (Lipinski definition) is 1. The van der Waals surface area contributed by atoms with E-state index in [9.17, 15) is 0 Å². The molecule has 2 aromatic carbocycles. The quantitative estimate of drug-likeness (QED) is 0.737. The lowest BCUT2D eigenvalue weighted by atomic mass is 10.0. The molecule has 0 heterocycles. The van der Waals surface area contributed by atoms with Crippen molar-refractivity contribution >= 4 is 10.8 Å². The Labute approximate surface area is 128 Å². The molecule has 1 aliphatic rings. The summed E-state index contributed by atoms with van der Waals surface area (Å²) in [5, 5.41) is 6.54. The molecule has 0 spiro atoms. The van der Waals surface area contributed by atoms with E-state index < -0.39 is 0 Å². The summed E-state index contributed by atoms with van der Waals surface area (Å²) < 4.78 is 0. The molecule has 3 atom stereocenters. The molecule has 0 bridgehead atoms. The first kappa shape index (κ1) is 14.6. The van der Waals surface area contributed by atoms with Crippen LogP contribution in [-0.4, -0.2) is 6.04 Å². The lowest BCUT2D eigenvalue weighted by Crippen LogP contribution is -2.31. The molecule has 2 aromatic rings. The van der Waals surface area contributed by atoms with Crippen molar-refractivity contribution in [3.8, 4) is 0 Å². The summed E-state index contributed by atoms with van der Waals surface area (Å²) in [6.07, 6.45) is 6.83. The highest BCUT2D eigenvalue weighted by atomic mass is 14.9. The van der Waals surface area contributed by atoms with Crippen molar-refractivity contribution in [3.05, 3.63) is 48.0 Å². The molecule has 21 heavy (non-hydrogen) atoms. The highest BCUT2D eigenvalue weighted by molar-refractivity contribution is 5.83. The fraction of sp³-hybridized carbons (Fsp3) is 0.500. The van der Waals surface area contributed by atoms with Crippen molar-refractivity contribution in [2.24, 2.45) is 5.92 Å². The Bertz CT molecular complexity index is 589. The Kier molecular flexibility index (Phi) is 4.60. The van der Waals surface area contributed by atoms with Crippen LogP contribution in [0.1, 0.15) is 57.6 Å². The van der Waals surface area contributed by atoms with Gasteiger partial charge in [0.05, 0.1) is 0 Å². The van der Waals surface area contributed by atoms with E-state index in [1.807, 2.05) is 0 Å². The van der Waals surface area contributed by atoms with E-state index in [2.05, 4.69) is 61.6 Å². The Morgan fingerprint density at radius 3 is 2.62 bits per heavy atom. The van der Waals surface area contributed by atoms with Gasteiger partial charge in [0.1, 0.15) is 0 Å². The van der Waals surface area contributed by atoms with Gasteiger partial charge in [-0.25, -0.2) is 0 Å². The molecular formula is C20H27N. The molecule has 1 nitrogen and oxygen atoms in total. The van der Waals surface area contributed by atoms with E-state index in [4.69, 9.17) is 0 Å². The van der Waals surface area contributed by atoms with Gasteiger partial charge in [0, 0.05) is 12.1 Å². The van der Waals surface area contributed by atoms with Gasteiger partial charge in [-0.05, 0) is 54.5 Å². The second-order valence-electron chi connectivity index (χ2n) is 6.81. The van der Waals surface area contributed by atoms with Gasteiger partial charge in [-0.15, -0.1) is 0 Å². The van der Waals surface area contributed by atoms with Gasteiger partial charge >= 0.3 is 0 Å². The van der Waals surface area contributed by atoms with E-state index in [1.165, 1.54) is 48.4 Å². The monoisotopic (exact) mass is 281 g/mol. The molecule has 3 rings (SSSR count). The SMILES string of the molecule is CC1CCCC(NC(C)c2ccc3ccccc3c2)CC1. The van der Waals surface area contributed by atoms with E-state index in [0.717, 1.165) is 5.92 Å².